The molecule has 0 saturated carbocycles. The Balaban J connectivity index is 0.000000294. The largest absolute Gasteiger partial charge is 3.00 e. The molecule has 4 heteroatoms. The first-order valence-corrected chi connectivity index (χ1v) is 6.34. The van der Waals surface area contributed by atoms with Crippen molar-refractivity contribution in [1.29, 1.82) is 0 Å². The van der Waals surface area contributed by atoms with Crippen molar-refractivity contribution in [2.75, 3.05) is 0 Å². The van der Waals surface area contributed by atoms with E-state index in [1.165, 1.54) is 36.4 Å². The Kier molecular flexibility index (Phi) is 10.4. The van der Waals surface area contributed by atoms with Crippen molar-refractivity contribution in [2.45, 2.75) is 0 Å². The molecule has 0 aromatic heterocycles. The van der Waals surface area contributed by atoms with Gasteiger partial charge in [0, 0.05) is 0 Å². The first-order chi connectivity index (χ1) is 10.2. The number of rotatable bonds is 0. The maximum absolute atomic E-state index is 10.3. The first kappa shape index (κ1) is 19.1. The molecule has 0 unspecified atom stereocenters. The predicted molar refractivity (Wildman–Crippen MR) is 83.4 cm³/mol. The molecule has 0 N–H and O–H groups in total. The van der Waals surface area contributed by atoms with Crippen LogP contribution in [0.25, 0.3) is 0 Å². The third-order valence-electron chi connectivity index (χ3n) is 2.23. The Morgan fingerprint density at radius 3 is 0.636 bits per heavy atom. The van der Waals surface area contributed by atoms with Crippen LogP contribution >= 0.6 is 0 Å². The van der Waals surface area contributed by atoms with E-state index in [1.54, 1.807) is 36.4 Å². The van der Waals surface area contributed by atoms with Crippen LogP contribution in [0, 0.1) is 0 Å². The predicted octanol–water partition coefficient (Wildman–Crippen LogP) is 1.90. The Bertz CT molecular complexity index is 497. The van der Waals surface area contributed by atoms with Crippen molar-refractivity contribution in [1.82, 2.24) is 0 Å². The molecular weight excluding hydrogens is 275 g/mol. The van der Waals surface area contributed by atoms with Crippen LogP contribution in [-0.2, 0) is 0 Å². The normalized spacial score (nSPS) is 8.18. The molecule has 22 heavy (non-hydrogen) atoms. The summed E-state index contributed by atoms with van der Waals surface area (Å²) in [5.74, 6) is 0.215. The topological polar surface area (TPSA) is 69.2 Å². The summed E-state index contributed by atoms with van der Waals surface area (Å²) in [5, 5.41) is 30.8. The molecule has 0 aliphatic heterocycles. The molecule has 0 spiro atoms. The van der Waals surface area contributed by atoms with Gasteiger partial charge in [0.15, 0.2) is 0 Å². The fourth-order valence-electron chi connectivity index (χ4n) is 1.26. The standard InChI is InChI=1S/3C6H6O.B/c3*7-6-4-2-1-3-5-6;/h3*1-5,7H;/q;;;+3/p-3. The summed E-state index contributed by atoms with van der Waals surface area (Å²) < 4.78 is 0. The third kappa shape index (κ3) is 9.98. The van der Waals surface area contributed by atoms with Crippen molar-refractivity contribution in [3.8, 4) is 17.2 Å². The zero-order valence-corrected chi connectivity index (χ0v) is 12.0. The van der Waals surface area contributed by atoms with E-state index in [2.05, 4.69) is 0 Å². The average molecular weight is 290 g/mol. The van der Waals surface area contributed by atoms with Crippen LogP contribution in [0.1, 0.15) is 0 Å². The fraction of sp³-hybridized carbons (Fsp3) is 0. The minimum absolute atomic E-state index is 0. The summed E-state index contributed by atoms with van der Waals surface area (Å²) in [6, 6.07) is 25.0. The van der Waals surface area contributed by atoms with Crippen LogP contribution in [0.5, 0.6) is 17.2 Å². The van der Waals surface area contributed by atoms with Gasteiger partial charge in [0.2, 0.25) is 0 Å². The molecule has 0 heterocycles. The van der Waals surface area contributed by atoms with Gasteiger partial charge in [-0.1, -0.05) is 91.0 Å². The van der Waals surface area contributed by atoms with Crippen LogP contribution < -0.4 is 15.3 Å². The molecule has 0 saturated heterocycles. The van der Waals surface area contributed by atoms with E-state index in [-0.39, 0.29) is 25.7 Å². The molecule has 0 atom stereocenters. The fourth-order valence-corrected chi connectivity index (χ4v) is 1.26. The zero-order chi connectivity index (χ0) is 15.3. The first-order valence-electron chi connectivity index (χ1n) is 6.34. The van der Waals surface area contributed by atoms with Gasteiger partial charge in [-0.2, -0.15) is 0 Å². The van der Waals surface area contributed by atoms with Gasteiger partial charge in [0.1, 0.15) is 0 Å². The van der Waals surface area contributed by atoms with Gasteiger partial charge in [-0.05, 0) is 0 Å². The summed E-state index contributed by atoms with van der Waals surface area (Å²) in [5.41, 5.74) is 0. The van der Waals surface area contributed by atoms with Gasteiger partial charge in [0.05, 0.1) is 0 Å². The summed E-state index contributed by atoms with van der Waals surface area (Å²) >= 11 is 0. The van der Waals surface area contributed by atoms with E-state index in [4.69, 9.17) is 0 Å². The Morgan fingerprint density at radius 1 is 0.364 bits per heavy atom. The molecular formula is C18H15BO3. The number of para-hydroxylation sites is 3. The van der Waals surface area contributed by atoms with E-state index in [0.717, 1.165) is 0 Å². The van der Waals surface area contributed by atoms with Crippen LogP contribution in [0.4, 0.5) is 0 Å². The van der Waals surface area contributed by atoms with Crippen molar-refractivity contribution >= 4 is 8.41 Å². The van der Waals surface area contributed by atoms with Crippen LogP contribution in [0.2, 0.25) is 0 Å². The molecule has 0 fully saturated rings. The van der Waals surface area contributed by atoms with E-state index in [0.29, 0.717) is 0 Å². The summed E-state index contributed by atoms with van der Waals surface area (Å²) in [6.45, 7) is 0. The molecule has 0 aliphatic carbocycles. The minimum atomic E-state index is 0. The van der Waals surface area contributed by atoms with Crippen LogP contribution in [-0.4, -0.2) is 8.41 Å². The van der Waals surface area contributed by atoms with Gasteiger partial charge < -0.3 is 15.3 Å². The molecule has 3 aromatic rings. The Labute approximate surface area is 132 Å². The van der Waals surface area contributed by atoms with E-state index < -0.39 is 0 Å². The molecule has 0 bridgehead atoms. The van der Waals surface area contributed by atoms with E-state index >= 15 is 0 Å². The second-order valence-corrected chi connectivity index (χ2v) is 3.94. The molecule has 0 radical (unpaired) electrons. The molecule has 0 amide bonds. The smallest absolute Gasteiger partial charge is 0.872 e. The monoisotopic (exact) mass is 290 g/mol. The van der Waals surface area contributed by atoms with Crippen molar-refractivity contribution < 1.29 is 15.3 Å². The van der Waals surface area contributed by atoms with Crippen LogP contribution in [0.15, 0.2) is 91.0 Å². The zero-order valence-electron chi connectivity index (χ0n) is 12.0. The van der Waals surface area contributed by atoms with Gasteiger partial charge in [0.25, 0.3) is 0 Å². The maximum atomic E-state index is 10.3. The van der Waals surface area contributed by atoms with Gasteiger partial charge in [-0.25, -0.2) is 0 Å². The van der Waals surface area contributed by atoms with E-state index in [1.807, 2.05) is 18.2 Å². The summed E-state index contributed by atoms with van der Waals surface area (Å²) in [7, 11) is 0. The minimum Gasteiger partial charge on any atom is -0.872 e. The Hall–Kier alpha value is -2.88. The summed E-state index contributed by atoms with van der Waals surface area (Å²) in [4.78, 5) is 0. The molecule has 3 aromatic carbocycles. The molecule has 3 rings (SSSR count). The van der Waals surface area contributed by atoms with Crippen LogP contribution in [0.3, 0.4) is 0 Å². The maximum Gasteiger partial charge on any atom is 3.00 e. The molecule has 3 nitrogen and oxygen atoms in total. The van der Waals surface area contributed by atoms with Crippen molar-refractivity contribution in [3.05, 3.63) is 91.0 Å². The quantitative estimate of drug-likeness (QED) is 0.594. The van der Waals surface area contributed by atoms with Crippen molar-refractivity contribution in [3.63, 3.8) is 0 Å². The number of hydrogen-bond acceptors (Lipinski definition) is 3. The second kappa shape index (κ2) is 11.9. The third-order valence-corrected chi connectivity index (χ3v) is 2.23. The summed E-state index contributed by atoms with van der Waals surface area (Å²) in [6.07, 6.45) is 0. The van der Waals surface area contributed by atoms with E-state index in [9.17, 15) is 15.3 Å². The number of hydrogen-bond donors (Lipinski definition) is 0. The second-order valence-electron chi connectivity index (χ2n) is 3.94. The molecule has 0 aliphatic rings. The Morgan fingerprint density at radius 2 is 0.545 bits per heavy atom. The van der Waals surface area contributed by atoms with Gasteiger partial charge >= 0.3 is 8.41 Å². The molecule has 108 valence electrons. The average Bonchev–Trinajstić information content (AvgIpc) is 2.51. The number of benzene rings is 3. The van der Waals surface area contributed by atoms with Gasteiger partial charge in [-0.3, -0.25) is 0 Å². The van der Waals surface area contributed by atoms with Gasteiger partial charge in [-0.15, -0.1) is 17.2 Å². The SMILES string of the molecule is [B+3].[O-]c1ccccc1.[O-]c1ccccc1.[O-]c1ccccc1. The van der Waals surface area contributed by atoms with Crippen molar-refractivity contribution in [2.24, 2.45) is 0 Å².